The van der Waals surface area contributed by atoms with Gasteiger partial charge in [0, 0.05) is 36.3 Å². The van der Waals surface area contributed by atoms with Crippen LogP contribution in [0.3, 0.4) is 0 Å². The minimum Gasteiger partial charge on any atom is -0.497 e. The number of methoxy groups -OCH3 is 1. The Morgan fingerprint density at radius 1 is 1.30 bits per heavy atom. The molecule has 23 heavy (non-hydrogen) atoms. The smallest absolute Gasteiger partial charge is 0.120 e. The fourth-order valence-corrected chi connectivity index (χ4v) is 3.79. The second kappa shape index (κ2) is 6.15. The average Bonchev–Trinajstić information content (AvgIpc) is 3.19. The summed E-state index contributed by atoms with van der Waals surface area (Å²) in [7, 11) is 1.70. The summed E-state index contributed by atoms with van der Waals surface area (Å²) in [4.78, 5) is 5.95. The standard InChI is InChI=1S/C18H25N3O2/c1-22-15-4-5-16-14(10-20-17(16)8-15)9-19-11-18(12-23-13-18)21-6-2-3-7-21/h4-5,8,10,19-20H,2-3,6-7,9,11-13H2,1H3. The SMILES string of the molecule is COc1ccc2c(CNCC3(N4CCCC4)COC3)c[nH]c2c1. The van der Waals surface area contributed by atoms with Gasteiger partial charge in [0.1, 0.15) is 5.75 Å². The Kier molecular flexibility index (Phi) is 4.01. The highest BCUT2D eigenvalue weighted by Crippen LogP contribution is 2.29. The number of aromatic nitrogens is 1. The van der Waals surface area contributed by atoms with Crippen LogP contribution in [0.5, 0.6) is 5.75 Å². The summed E-state index contributed by atoms with van der Waals surface area (Å²) < 4.78 is 10.8. The van der Waals surface area contributed by atoms with Crippen molar-refractivity contribution in [3.8, 4) is 5.75 Å². The molecular formula is C18H25N3O2. The van der Waals surface area contributed by atoms with Crippen LogP contribution >= 0.6 is 0 Å². The summed E-state index contributed by atoms with van der Waals surface area (Å²) in [6.07, 6.45) is 4.75. The van der Waals surface area contributed by atoms with E-state index < -0.39 is 0 Å². The second-order valence-corrected chi connectivity index (χ2v) is 6.74. The molecule has 124 valence electrons. The lowest BCUT2D eigenvalue weighted by Gasteiger charge is -2.48. The van der Waals surface area contributed by atoms with E-state index in [-0.39, 0.29) is 5.54 Å². The van der Waals surface area contributed by atoms with Crippen molar-refractivity contribution in [2.24, 2.45) is 0 Å². The minimum atomic E-state index is 0.228. The number of hydrogen-bond donors (Lipinski definition) is 2. The number of aromatic amines is 1. The van der Waals surface area contributed by atoms with Gasteiger partial charge in [-0.1, -0.05) is 0 Å². The van der Waals surface area contributed by atoms with Gasteiger partial charge in [-0.2, -0.15) is 0 Å². The Morgan fingerprint density at radius 2 is 2.13 bits per heavy atom. The first-order valence-corrected chi connectivity index (χ1v) is 8.48. The minimum absolute atomic E-state index is 0.228. The van der Waals surface area contributed by atoms with Gasteiger partial charge in [-0.25, -0.2) is 0 Å². The number of hydrogen-bond acceptors (Lipinski definition) is 4. The van der Waals surface area contributed by atoms with E-state index in [0.717, 1.165) is 37.6 Å². The summed E-state index contributed by atoms with van der Waals surface area (Å²) in [6.45, 7) is 6.05. The number of likely N-dealkylation sites (tertiary alicyclic amines) is 1. The predicted molar refractivity (Wildman–Crippen MR) is 90.9 cm³/mol. The first-order valence-electron chi connectivity index (χ1n) is 8.48. The average molecular weight is 315 g/mol. The van der Waals surface area contributed by atoms with Crippen molar-refractivity contribution >= 4 is 10.9 Å². The molecule has 1 aromatic heterocycles. The highest BCUT2D eigenvalue weighted by atomic mass is 16.5. The molecule has 1 aromatic carbocycles. The van der Waals surface area contributed by atoms with Crippen molar-refractivity contribution < 1.29 is 9.47 Å². The third kappa shape index (κ3) is 2.73. The molecule has 0 unspecified atom stereocenters. The summed E-state index contributed by atoms with van der Waals surface area (Å²) in [5, 5.41) is 4.92. The molecule has 2 aliphatic rings. The van der Waals surface area contributed by atoms with Gasteiger partial charge in [0.25, 0.3) is 0 Å². The maximum absolute atomic E-state index is 5.53. The number of ether oxygens (including phenoxy) is 2. The molecule has 0 radical (unpaired) electrons. The molecule has 0 saturated carbocycles. The molecule has 0 amide bonds. The van der Waals surface area contributed by atoms with Gasteiger partial charge in [0.2, 0.25) is 0 Å². The molecule has 0 atom stereocenters. The van der Waals surface area contributed by atoms with Crippen LogP contribution in [-0.4, -0.2) is 55.4 Å². The van der Waals surface area contributed by atoms with Crippen molar-refractivity contribution in [2.45, 2.75) is 24.9 Å². The van der Waals surface area contributed by atoms with Gasteiger partial charge in [-0.15, -0.1) is 0 Å². The molecule has 5 nitrogen and oxygen atoms in total. The van der Waals surface area contributed by atoms with E-state index in [0.29, 0.717) is 0 Å². The van der Waals surface area contributed by atoms with Crippen LogP contribution < -0.4 is 10.1 Å². The Labute approximate surface area is 136 Å². The zero-order valence-electron chi connectivity index (χ0n) is 13.7. The lowest BCUT2D eigenvalue weighted by molar-refractivity contribution is -0.131. The summed E-state index contributed by atoms with van der Waals surface area (Å²) in [6, 6.07) is 6.19. The third-order valence-electron chi connectivity index (χ3n) is 5.26. The monoisotopic (exact) mass is 315 g/mol. The van der Waals surface area contributed by atoms with Gasteiger partial charge in [0.15, 0.2) is 0 Å². The Hall–Kier alpha value is -1.56. The van der Waals surface area contributed by atoms with Gasteiger partial charge in [-0.3, -0.25) is 4.90 Å². The van der Waals surface area contributed by atoms with Gasteiger partial charge >= 0.3 is 0 Å². The number of nitrogens with zero attached hydrogens (tertiary/aromatic N) is 1. The molecule has 2 fully saturated rings. The highest BCUT2D eigenvalue weighted by molar-refractivity contribution is 5.84. The van der Waals surface area contributed by atoms with Crippen LogP contribution in [0.2, 0.25) is 0 Å². The molecule has 0 bridgehead atoms. The highest BCUT2D eigenvalue weighted by Gasteiger charge is 2.44. The molecule has 0 aliphatic carbocycles. The van der Waals surface area contributed by atoms with Crippen molar-refractivity contribution in [1.82, 2.24) is 15.2 Å². The third-order valence-corrected chi connectivity index (χ3v) is 5.26. The lowest BCUT2D eigenvalue weighted by atomic mass is 9.95. The van der Waals surface area contributed by atoms with E-state index in [1.807, 2.05) is 12.1 Å². The molecule has 4 rings (SSSR count). The van der Waals surface area contributed by atoms with Crippen LogP contribution in [-0.2, 0) is 11.3 Å². The second-order valence-electron chi connectivity index (χ2n) is 6.74. The van der Waals surface area contributed by atoms with E-state index in [4.69, 9.17) is 9.47 Å². The molecule has 2 aromatic rings. The van der Waals surface area contributed by atoms with Crippen molar-refractivity contribution in [3.63, 3.8) is 0 Å². The largest absolute Gasteiger partial charge is 0.497 e. The first kappa shape index (κ1) is 15.0. The van der Waals surface area contributed by atoms with Crippen LogP contribution in [0, 0.1) is 0 Å². The fraction of sp³-hybridized carbons (Fsp3) is 0.556. The fourth-order valence-electron chi connectivity index (χ4n) is 3.79. The predicted octanol–water partition coefficient (Wildman–Crippen LogP) is 2.13. The number of H-pyrrole nitrogens is 1. The number of rotatable bonds is 6. The molecule has 5 heteroatoms. The van der Waals surface area contributed by atoms with Crippen molar-refractivity contribution in [2.75, 3.05) is 40.0 Å². The first-order chi connectivity index (χ1) is 11.3. The van der Waals surface area contributed by atoms with E-state index in [2.05, 4.69) is 27.5 Å². The zero-order chi connectivity index (χ0) is 15.7. The molecular weight excluding hydrogens is 290 g/mol. The quantitative estimate of drug-likeness (QED) is 0.857. The Morgan fingerprint density at radius 3 is 2.83 bits per heavy atom. The van der Waals surface area contributed by atoms with E-state index in [9.17, 15) is 0 Å². The molecule has 0 spiro atoms. The Bertz CT molecular complexity index is 672. The normalized spacial score (nSPS) is 20.7. The summed E-state index contributed by atoms with van der Waals surface area (Å²) in [5.41, 5.74) is 2.66. The maximum Gasteiger partial charge on any atom is 0.120 e. The summed E-state index contributed by atoms with van der Waals surface area (Å²) in [5.74, 6) is 0.887. The molecule has 2 aliphatic heterocycles. The number of benzene rings is 1. The molecule has 3 heterocycles. The van der Waals surface area contributed by atoms with Crippen LogP contribution in [0.25, 0.3) is 10.9 Å². The van der Waals surface area contributed by atoms with Gasteiger partial charge in [0.05, 0.1) is 25.9 Å². The number of nitrogens with one attached hydrogen (secondary N) is 2. The van der Waals surface area contributed by atoms with Crippen LogP contribution in [0.1, 0.15) is 18.4 Å². The van der Waals surface area contributed by atoms with E-state index >= 15 is 0 Å². The maximum atomic E-state index is 5.53. The topological polar surface area (TPSA) is 49.5 Å². The van der Waals surface area contributed by atoms with Gasteiger partial charge < -0.3 is 19.8 Å². The van der Waals surface area contributed by atoms with Crippen molar-refractivity contribution in [3.05, 3.63) is 30.0 Å². The van der Waals surface area contributed by atoms with E-state index in [1.54, 1.807) is 7.11 Å². The van der Waals surface area contributed by atoms with Gasteiger partial charge in [-0.05, 0) is 43.6 Å². The van der Waals surface area contributed by atoms with E-state index in [1.165, 1.54) is 36.9 Å². The van der Waals surface area contributed by atoms with Crippen LogP contribution in [0.15, 0.2) is 24.4 Å². The number of fused-ring (bicyclic) bond motifs is 1. The molecule has 2 saturated heterocycles. The molecule has 2 N–H and O–H groups in total. The lowest BCUT2D eigenvalue weighted by Crippen LogP contribution is -2.66. The Balaban J connectivity index is 1.41. The van der Waals surface area contributed by atoms with Crippen molar-refractivity contribution in [1.29, 1.82) is 0 Å². The van der Waals surface area contributed by atoms with Crippen LogP contribution in [0.4, 0.5) is 0 Å². The zero-order valence-corrected chi connectivity index (χ0v) is 13.7. The summed E-state index contributed by atoms with van der Waals surface area (Å²) >= 11 is 0.